The average molecular weight is 147 g/mol. The number of aromatic nitrogens is 1. The lowest BCUT2D eigenvalue weighted by molar-refractivity contribution is 0.577. The molecule has 0 bridgehead atoms. The van der Waals surface area contributed by atoms with E-state index >= 15 is 0 Å². The fourth-order valence-corrected chi connectivity index (χ4v) is 1.19. The van der Waals surface area contributed by atoms with E-state index in [0.717, 1.165) is 22.4 Å². The minimum Gasteiger partial charge on any atom is -0.460 e. The van der Waals surface area contributed by atoms with Crippen LogP contribution in [0.2, 0.25) is 0 Å². The van der Waals surface area contributed by atoms with Gasteiger partial charge in [0.05, 0.1) is 6.20 Å². The highest BCUT2D eigenvalue weighted by atomic mass is 16.3. The Morgan fingerprint density at radius 1 is 1.27 bits per heavy atom. The van der Waals surface area contributed by atoms with E-state index in [1.165, 1.54) is 0 Å². The highest BCUT2D eigenvalue weighted by Gasteiger charge is 1.98. The largest absolute Gasteiger partial charge is 0.460 e. The molecule has 0 N–H and O–H groups in total. The Balaban J connectivity index is 2.82. The summed E-state index contributed by atoms with van der Waals surface area (Å²) >= 11 is 0. The molecule has 0 amide bonds. The summed E-state index contributed by atoms with van der Waals surface area (Å²) in [6.07, 6.45) is 1.76. The molecule has 2 rings (SSSR count). The normalized spacial score (nSPS) is 10.7. The third-order valence-corrected chi connectivity index (χ3v) is 1.66. The Morgan fingerprint density at radius 2 is 2.09 bits per heavy atom. The standard InChI is InChI=1S/C9H9NO/c1-6-3-8-4-7(2)11-9(8)5-10-6/h3-5H,1-2H3. The first kappa shape index (κ1) is 6.40. The number of rotatable bonds is 0. The molecule has 0 unspecified atom stereocenters. The fourth-order valence-electron chi connectivity index (χ4n) is 1.19. The molecule has 0 saturated heterocycles. The molecule has 0 saturated carbocycles. The molecule has 2 heteroatoms. The van der Waals surface area contributed by atoms with Gasteiger partial charge in [0.1, 0.15) is 5.76 Å². The predicted octanol–water partition coefficient (Wildman–Crippen LogP) is 2.44. The van der Waals surface area contributed by atoms with Crippen LogP contribution in [0.5, 0.6) is 0 Å². The molecule has 0 aliphatic heterocycles. The Hall–Kier alpha value is -1.31. The predicted molar refractivity (Wildman–Crippen MR) is 43.5 cm³/mol. The van der Waals surface area contributed by atoms with E-state index in [1.54, 1.807) is 6.20 Å². The van der Waals surface area contributed by atoms with Crippen molar-refractivity contribution in [2.24, 2.45) is 0 Å². The van der Waals surface area contributed by atoms with E-state index in [1.807, 2.05) is 26.0 Å². The smallest absolute Gasteiger partial charge is 0.152 e. The van der Waals surface area contributed by atoms with Crippen LogP contribution in [0, 0.1) is 13.8 Å². The number of pyridine rings is 1. The Morgan fingerprint density at radius 3 is 2.91 bits per heavy atom. The first-order valence-corrected chi connectivity index (χ1v) is 3.58. The molecule has 0 radical (unpaired) electrons. The maximum absolute atomic E-state index is 5.36. The number of aryl methyl sites for hydroxylation is 2. The molecule has 11 heavy (non-hydrogen) atoms. The zero-order valence-electron chi connectivity index (χ0n) is 6.59. The van der Waals surface area contributed by atoms with Crippen molar-refractivity contribution >= 4 is 11.0 Å². The van der Waals surface area contributed by atoms with E-state index in [9.17, 15) is 0 Å². The van der Waals surface area contributed by atoms with E-state index in [2.05, 4.69) is 4.98 Å². The Labute approximate surface area is 64.9 Å². The molecule has 0 aliphatic carbocycles. The molecule has 56 valence electrons. The van der Waals surface area contributed by atoms with Gasteiger partial charge < -0.3 is 4.42 Å². The lowest BCUT2D eigenvalue weighted by Gasteiger charge is -1.88. The van der Waals surface area contributed by atoms with E-state index in [-0.39, 0.29) is 0 Å². The lowest BCUT2D eigenvalue weighted by atomic mass is 10.3. The fraction of sp³-hybridized carbons (Fsp3) is 0.222. The molecule has 2 aromatic heterocycles. The van der Waals surface area contributed by atoms with Crippen molar-refractivity contribution in [3.05, 3.63) is 29.8 Å². The molecule has 0 atom stereocenters. The van der Waals surface area contributed by atoms with Gasteiger partial charge in [0.2, 0.25) is 0 Å². The lowest BCUT2D eigenvalue weighted by Crippen LogP contribution is -1.76. The van der Waals surface area contributed by atoms with Gasteiger partial charge in [-0.1, -0.05) is 0 Å². The van der Waals surface area contributed by atoms with Gasteiger partial charge in [-0.2, -0.15) is 0 Å². The monoisotopic (exact) mass is 147 g/mol. The average Bonchev–Trinajstić information content (AvgIpc) is 2.27. The van der Waals surface area contributed by atoms with E-state index in [4.69, 9.17) is 4.42 Å². The summed E-state index contributed by atoms with van der Waals surface area (Å²) in [6.45, 7) is 3.91. The molecule has 0 spiro atoms. The van der Waals surface area contributed by atoms with Gasteiger partial charge in [0.25, 0.3) is 0 Å². The van der Waals surface area contributed by atoms with Crippen LogP contribution in [0.25, 0.3) is 11.0 Å². The van der Waals surface area contributed by atoms with Gasteiger partial charge in [-0.05, 0) is 26.0 Å². The van der Waals surface area contributed by atoms with Crippen molar-refractivity contribution in [1.29, 1.82) is 0 Å². The third-order valence-electron chi connectivity index (χ3n) is 1.66. The molecule has 0 aromatic carbocycles. The maximum Gasteiger partial charge on any atom is 0.152 e. The van der Waals surface area contributed by atoms with Gasteiger partial charge in [0.15, 0.2) is 5.58 Å². The second-order valence-corrected chi connectivity index (χ2v) is 2.72. The topological polar surface area (TPSA) is 26.0 Å². The third kappa shape index (κ3) is 1.00. The number of fused-ring (bicyclic) bond motifs is 1. The molecule has 0 fully saturated rings. The first-order valence-electron chi connectivity index (χ1n) is 3.58. The first-order chi connectivity index (χ1) is 5.25. The summed E-state index contributed by atoms with van der Waals surface area (Å²) in [5, 5.41) is 1.13. The second kappa shape index (κ2) is 2.09. The highest BCUT2D eigenvalue weighted by Crippen LogP contribution is 2.17. The summed E-state index contributed by atoms with van der Waals surface area (Å²) in [5.74, 6) is 0.937. The van der Waals surface area contributed by atoms with Gasteiger partial charge >= 0.3 is 0 Å². The van der Waals surface area contributed by atoms with Crippen molar-refractivity contribution in [1.82, 2.24) is 4.98 Å². The molecule has 2 heterocycles. The summed E-state index contributed by atoms with van der Waals surface area (Å²) in [7, 11) is 0. The van der Waals surface area contributed by atoms with Gasteiger partial charge in [-0.25, -0.2) is 0 Å². The summed E-state index contributed by atoms with van der Waals surface area (Å²) < 4.78 is 5.36. The maximum atomic E-state index is 5.36. The summed E-state index contributed by atoms with van der Waals surface area (Å²) in [4.78, 5) is 4.13. The molecular weight excluding hydrogens is 138 g/mol. The van der Waals surface area contributed by atoms with Gasteiger partial charge in [0, 0.05) is 11.1 Å². The van der Waals surface area contributed by atoms with Crippen LogP contribution >= 0.6 is 0 Å². The van der Waals surface area contributed by atoms with Crippen molar-refractivity contribution in [3.8, 4) is 0 Å². The van der Waals surface area contributed by atoms with Crippen molar-refractivity contribution < 1.29 is 4.42 Å². The molecule has 2 nitrogen and oxygen atoms in total. The molecule has 0 aliphatic rings. The number of hydrogen-bond donors (Lipinski definition) is 0. The van der Waals surface area contributed by atoms with E-state index in [0.29, 0.717) is 0 Å². The Bertz CT molecular complexity index is 389. The molecular formula is C9H9NO. The Kier molecular flexibility index (Phi) is 1.22. The zero-order chi connectivity index (χ0) is 7.84. The van der Waals surface area contributed by atoms with Crippen LogP contribution in [-0.2, 0) is 0 Å². The van der Waals surface area contributed by atoms with Crippen LogP contribution in [0.3, 0.4) is 0 Å². The quantitative estimate of drug-likeness (QED) is 0.572. The number of nitrogens with zero attached hydrogens (tertiary/aromatic N) is 1. The molecule has 2 aromatic rings. The second-order valence-electron chi connectivity index (χ2n) is 2.72. The van der Waals surface area contributed by atoms with Gasteiger partial charge in [-0.3, -0.25) is 4.98 Å². The van der Waals surface area contributed by atoms with E-state index < -0.39 is 0 Å². The zero-order valence-corrected chi connectivity index (χ0v) is 6.59. The van der Waals surface area contributed by atoms with Crippen LogP contribution in [-0.4, -0.2) is 4.98 Å². The summed E-state index contributed by atoms with van der Waals surface area (Å²) in [5.41, 5.74) is 1.89. The number of furan rings is 1. The van der Waals surface area contributed by atoms with Crippen LogP contribution in [0.15, 0.2) is 22.7 Å². The summed E-state index contributed by atoms with van der Waals surface area (Å²) in [6, 6.07) is 4.04. The minimum absolute atomic E-state index is 0.869. The van der Waals surface area contributed by atoms with Crippen molar-refractivity contribution in [2.75, 3.05) is 0 Å². The van der Waals surface area contributed by atoms with Crippen molar-refractivity contribution in [2.45, 2.75) is 13.8 Å². The van der Waals surface area contributed by atoms with Crippen LogP contribution in [0.4, 0.5) is 0 Å². The number of hydrogen-bond acceptors (Lipinski definition) is 2. The highest BCUT2D eigenvalue weighted by molar-refractivity contribution is 5.77. The SMILES string of the molecule is Cc1cc2cc(C)oc2cn1. The van der Waals surface area contributed by atoms with Crippen LogP contribution < -0.4 is 0 Å². The van der Waals surface area contributed by atoms with Crippen molar-refractivity contribution in [3.63, 3.8) is 0 Å². The van der Waals surface area contributed by atoms with Crippen LogP contribution in [0.1, 0.15) is 11.5 Å². The minimum atomic E-state index is 0.869. The van der Waals surface area contributed by atoms with Gasteiger partial charge in [-0.15, -0.1) is 0 Å².